The summed E-state index contributed by atoms with van der Waals surface area (Å²) in [6, 6.07) is -0.150. The molecule has 0 aromatic carbocycles. The van der Waals surface area contributed by atoms with Gasteiger partial charge < -0.3 is 5.32 Å². The topological polar surface area (TPSA) is 66.5 Å². The number of nitrogens with one attached hydrogen (secondary N) is 1. The van der Waals surface area contributed by atoms with Crippen LogP contribution in [0, 0.1) is 10.8 Å². The molecule has 1 rings (SSSR count). The Bertz CT molecular complexity index is 534. The van der Waals surface area contributed by atoms with Crippen molar-refractivity contribution in [3.05, 3.63) is 0 Å². The molecule has 1 fully saturated rings. The van der Waals surface area contributed by atoms with E-state index in [1.807, 2.05) is 13.8 Å². The van der Waals surface area contributed by atoms with Crippen LogP contribution in [0.5, 0.6) is 0 Å². The zero-order valence-corrected chi connectivity index (χ0v) is 17.8. The SMILES string of the molecule is CC(C)(C)CCC(=O)CCCC(=O)CCC(C)(C)CN1C(=O)NCC1=S. The van der Waals surface area contributed by atoms with E-state index in [1.54, 1.807) is 4.90 Å². The molecule has 6 heteroatoms. The van der Waals surface area contributed by atoms with E-state index in [1.165, 1.54) is 0 Å². The third kappa shape index (κ3) is 8.88. The number of Topliss-reactive ketones (excluding diaryl/α,β-unsaturated/α-hetero) is 2. The molecule has 0 aromatic heterocycles. The quantitative estimate of drug-likeness (QED) is 0.542. The summed E-state index contributed by atoms with van der Waals surface area (Å²) in [6.07, 6.45) is 4.26. The van der Waals surface area contributed by atoms with Crippen LogP contribution in [0.25, 0.3) is 0 Å². The minimum atomic E-state index is -0.177. The summed E-state index contributed by atoms with van der Waals surface area (Å²) in [7, 11) is 0. The molecule has 1 aliphatic heterocycles. The van der Waals surface area contributed by atoms with Gasteiger partial charge in [0.05, 0.1) is 6.54 Å². The van der Waals surface area contributed by atoms with Crippen molar-refractivity contribution < 1.29 is 14.4 Å². The third-order valence-electron chi connectivity index (χ3n) is 4.67. The maximum absolute atomic E-state index is 12.1. The number of carbonyl (C=O) groups excluding carboxylic acids is 3. The predicted octanol–water partition coefficient (Wildman–Crippen LogP) is 4.28. The van der Waals surface area contributed by atoms with Gasteiger partial charge in [0.15, 0.2) is 0 Å². The fourth-order valence-corrected chi connectivity index (χ4v) is 3.07. The number of hydrogen-bond acceptors (Lipinski definition) is 4. The third-order valence-corrected chi connectivity index (χ3v) is 5.03. The van der Waals surface area contributed by atoms with E-state index in [0.29, 0.717) is 56.6 Å². The van der Waals surface area contributed by atoms with Crippen LogP contribution >= 0.6 is 12.2 Å². The number of ketones is 2. The zero-order valence-electron chi connectivity index (χ0n) is 16.9. The van der Waals surface area contributed by atoms with Gasteiger partial charge in [-0.05, 0) is 30.1 Å². The fraction of sp³-hybridized carbons (Fsp3) is 0.800. The van der Waals surface area contributed by atoms with Crippen LogP contribution in [0.4, 0.5) is 4.79 Å². The molecular formula is C20H34N2O3S. The normalized spacial score (nSPS) is 15.3. The summed E-state index contributed by atoms with van der Waals surface area (Å²) >= 11 is 5.19. The van der Waals surface area contributed by atoms with Gasteiger partial charge in [-0.25, -0.2) is 4.79 Å². The van der Waals surface area contributed by atoms with Crippen molar-refractivity contribution in [3.63, 3.8) is 0 Å². The van der Waals surface area contributed by atoms with E-state index in [4.69, 9.17) is 12.2 Å². The maximum atomic E-state index is 12.1. The van der Waals surface area contributed by atoms with Crippen LogP contribution in [0.15, 0.2) is 0 Å². The van der Waals surface area contributed by atoms with Gasteiger partial charge in [0.2, 0.25) is 0 Å². The summed E-state index contributed by atoms with van der Waals surface area (Å²) in [6.45, 7) is 11.4. The second-order valence-electron chi connectivity index (χ2n) is 9.29. The molecule has 0 spiro atoms. The molecule has 1 N–H and O–H groups in total. The highest BCUT2D eigenvalue weighted by atomic mass is 32.1. The standard InChI is InChI=1S/C20H34N2O3S/c1-19(2,3)11-9-15(23)7-6-8-16(24)10-12-20(4,5)14-22-17(26)13-21-18(22)25/h6-14H2,1-5H3,(H,21,25). The molecule has 5 nitrogen and oxygen atoms in total. The molecule has 1 aliphatic rings. The molecule has 0 aliphatic carbocycles. The first-order valence-electron chi connectivity index (χ1n) is 9.51. The van der Waals surface area contributed by atoms with Crippen LogP contribution in [0.3, 0.4) is 0 Å². The molecule has 0 radical (unpaired) electrons. The first kappa shape index (κ1) is 22.7. The van der Waals surface area contributed by atoms with Gasteiger partial charge in [-0.2, -0.15) is 0 Å². The Morgan fingerprint density at radius 1 is 1.00 bits per heavy atom. The first-order valence-corrected chi connectivity index (χ1v) is 9.92. The summed E-state index contributed by atoms with van der Waals surface area (Å²) in [5.41, 5.74) is -0.00441. The van der Waals surface area contributed by atoms with Crippen LogP contribution in [0.2, 0.25) is 0 Å². The van der Waals surface area contributed by atoms with Crippen LogP contribution in [-0.4, -0.2) is 40.6 Å². The zero-order chi connectivity index (χ0) is 20.0. The Labute approximate surface area is 163 Å². The highest BCUT2D eigenvalue weighted by molar-refractivity contribution is 7.80. The van der Waals surface area contributed by atoms with E-state index in [9.17, 15) is 14.4 Å². The van der Waals surface area contributed by atoms with Crippen molar-refractivity contribution in [1.29, 1.82) is 0 Å². The van der Waals surface area contributed by atoms with Crippen molar-refractivity contribution in [2.75, 3.05) is 13.1 Å². The van der Waals surface area contributed by atoms with Gasteiger partial charge in [-0.3, -0.25) is 14.5 Å². The number of hydrogen-bond donors (Lipinski definition) is 1. The van der Waals surface area contributed by atoms with E-state index in [-0.39, 0.29) is 28.4 Å². The van der Waals surface area contributed by atoms with E-state index >= 15 is 0 Å². The second kappa shape index (κ2) is 9.58. The van der Waals surface area contributed by atoms with Crippen molar-refractivity contribution in [1.82, 2.24) is 10.2 Å². The average molecular weight is 383 g/mol. The van der Waals surface area contributed by atoms with Crippen LogP contribution < -0.4 is 5.32 Å². The lowest BCUT2D eigenvalue weighted by atomic mass is 9.85. The van der Waals surface area contributed by atoms with Gasteiger partial charge in [0, 0.05) is 32.2 Å². The van der Waals surface area contributed by atoms with Gasteiger partial charge in [-0.15, -0.1) is 0 Å². The molecule has 0 aromatic rings. The number of carbonyl (C=O) groups is 3. The van der Waals surface area contributed by atoms with Crippen LogP contribution in [-0.2, 0) is 9.59 Å². The number of amides is 2. The number of nitrogens with zero attached hydrogens (tertiary/aromatic N) is 1. The lowest BCUT2D eigenvalue weighted by molar-refractivity contribution is -0.120. The molecule has 148 valence electrons. The lowest BCUT2D eigenvalue weighted by Crippen LogP contribution is -2.38. The lowest BCUT2D eigenvalue weighted by Gasteiger charge is -2.29. The van der Waals surface area contributed by atoms with Crippen molar-refractivity contribution in [3.8, 4) is 0 Å². The Hall–Kier alpha value is -1.30. The van der Waals surface area contributed by atoms with Gasteiger partial charge in [0.25, 0.3) is 0 Å². The smallest absolute Gasteiger partial charge is 0.322 e. The summed E-state index contributed by atoms with van der Waals surface area (Å²) in [5, 5.41) is 2.71. The van der Waals surface area contributed by atoms with E-state index < -0.39 is 0 Å². The molecule has 0 atom stereocenters. The summed E-state index contributed by atoms with van der Waals surface area (Å²) in [4.78, 5) is 38.0. The molecule has 0 unspecified atom stereocenters. The summed E-state index contributed by atoms with van der Waals surface area (Å²) < 4.78 is 0. The maximum Gasteiger partial charge on any atom is 0.322 e. The molecular weight excluding hydrogens is 348 g/mol. The first-order chi connectivity index (χ1) is 11.9. The number of urea groups is 1. The highest BCUT2D eigenvalue weighted by Gasteiger charge is 2.31. The van der Waals surface area contributed by atoms with Crippen molar-refractivity contribution in [2.45, 2.75) is 79.6 Å². The molecule has 26 heavy (non-hydrogen) atoms. The largest absolute Gasteiger partial charge is 0.331 e. The van der Waals surface area contributed by atoms with Gasteiger partial charge in [0.1, 0.15) is 16.6 Å². The van der Waals surface area contributed by atoms with Crippen LogP contribution in [0.1, 0.15) is 79.6 Å². The van der Waals surface area contributed by atoms with Crippen molar-refractivity contribution >= 4 is 34.8 Å². The second-order valence-corrected chi connectivity index (χ2v) is 9.77. The van der Waals surface area contributed by atoms with Crippen molar-refractivity contribution in [2.24, 2.45) is 10.8 Å². The molecule has 0 saturated carbocycles. The molecule has 1 heterocycles. The van der Waals surface area contributed by atoms with E-state index in [2.05, 4.69) is 26.1 Å². The predicted molar refractivity (Wildman–Crippen MR) is 108 cm³/mol. The molecule has 1 saturated heterocycles. The Kier molecular flexibility index (Phi) is 8.38. The monoisotopic (exact) mass is 382 g/mol. The molecule has 2 amide bonds. The summed E-state index contributed by atoms with van der Waals surface area (Å²) in [5.74, 6) is 0.441. The minimum absolute atomic E-state index is 0.150. The number of thiocarbonyl (C=S) groups is 1. The average Bonchev–Trinajstić information content (AvgIpc) is 2.82. The van der Waals surface area contributed by atoms with Gasteiger partial charge in [-0.1, -0.05) is 46.8 Å². The van der Waals surface area contributed by atoms with E-state index in [0.717, 1.165) is 6.42 Å². The Balaban J connectivity index is 2.25. The number of rotatable bonds is 11. The Morgan fingerprint density at radius 2 is 1.54 bits per heavy atom. The fourth-order valence-electron chi connectivity index (χ4n) is 2.85. The minimum Gasteiger partial charge on any atom is -0.331 e. The highest BCUT2D eigenvalue weighted by Crippen LogP contribution is 2.26. The Morgan fingerprint density at radius 3 is 2.00 bits per heavy atom. The molecule has 0 bridgehead atoms. The van der Waals surface area contributed by atoms with Gasteiger partial charge >= 0.3 is 6.03 Å².